The molecule has 2 aromatic rings. The SMILES string of the molecule is N=C1S[C@@H](c2ccccc2)C(=O)N1c1nccs1. The Kier molecular flexibility index (Phi) is 2.89. The van der Waals surface area contributed by atoms with Crippen molar-refractivity contribution in [2.24, 2.45) is 0 Å². The number of nitrogens with zero attached hydrogens (tertiary/aromatic N) is 2. The monoisotopic (exact) mass is 275 g/mol. The Balaban J connectivity index is 1.94. The van der Waals surface area contributed by atoms with Gasteiger partial charge in [-0.05, 0) is 5.56 Å². The molecule has 6 heteroatoms. The Bertz CT molecular complexity index is 583. The average molecular weight is 275 g/mol. The van der Waals surface area contributed by atoms with Crippen molar-refractivity contribution in [3.8, 4) is 0 Å². The molecule has 4 nitrogen and oxygen atoms in total. The molecule has 1 saturated heterocycles. The minimum absolute atomic E-state index is 0.0915. The predicted molar refractivity (Wildman–Crippen MR) is 74.1 cm³/mol. The Hall–Kier alpha value is -1.66. The highest BCUT2D eigenvalue weighted by atomic mass is 32.2. The lowest BCUT2D eigenvalue weighted by Crippen LogP contribution is -2.29. The maximum absolute atomic E-state index is 12.3. The van der Waals surface area contributed by atoms with E-state index < -0.39 is 0 Å². The van der Waals surface area contributed by atoms with E-state index in [4.69, 9.17) is 5.41 Å². The lowest BCUT2D eigenvalue weighted by Gasteiger charge is -2.11. The van der Waals surface area contributed by atoms with Crippen molar-refractivity contribution in [1.82, 2.24) is 4.98 Å². The second-order valence-corrected chi connectivity index (χ2v) is 5.67. The van der Waals surface area contributed by atoms with E-state index >= 15 is 0 Å². The summed E-state index contributed by atoms with van der Waals surface area (Å²) in [5.74, 6) is -0.0915. The van der Waals surface area contributed by atoms with E-state index in [1.54, 1.807) is 11.6 Å². The molecule has 1 N–H and O–H groups in total. The van der Waals surface area contributed by atoms with Gasteiger partial charge in [0.2, 0.25) is 0 Å². The highest BCUT2D eigenvalue weighted by Crippen LogP contribution is 2.41. The summed E-state index contributed by atoms with van der Waals surface area (Å²) in [5.41, 5.74) is 0.927. The van der Waals surface area contributed by atoms with Crippen LogP contribution in [-0.2, 0) is 4.79 Å². The number of hydrogen-bond acceptors (Lipinski definition) is 5. The second kappa shape index (κ2) is 4.55. The third kappa shape index (κ3) is 1.83. The molecular weight excluding hydrogens is 266 g/mol. The number of nitrogens with one attached hydrogen (secondary N) is 1. The zero-order valence-electron chi connectivity index (χ0n) is 9.24. The summed E-state index contributed by atoms with van der Waals surface area (Å²) in [4.78, 5) is 17.8. The summed E-state index contributed by atoms with van der Waals surface area (Å²) >= 11 is 2.62. The molecule has 1 aromatic carbocycles. The maximum Gasteiger partial charge on any atom is 0.253 e. The first kappa shape index (κ1) is 11.4. The van der Waals surface area contributed by atoms with Gasteiger partial charge in [0, 0.05) is 11.6 Å². The zero-order chi connectivity index (χ0) is 12.5. The van der Waals surface area contributed by atoms with Crippen LogP contribution < -0.4 is 4.90 Å². The number of aromatic nitrogens is 1. The molecule has 90 valence electrons. The van der Waals surface area contributed by atoms with E-state index in [2.05, 4.69) is 4.98 Å². The molecule has 2 heterocycles. The first-order valence-electron chi connectivity index (χ1n) is 5.31. The van der Waals surface area contributed by atoms with Crippen LogP contribution >= 0.6 is 23.1 Å². The highest BCUT2D eigenvalue weighted by Gasteiger charge is 2.40. The summed E-state index contributed by atoms with van der Waals surface area (Å²) in [5, 5.41) is 10.2. The quantitative estimate of drug-likeness (QED) is 0.916. The molecule has 1 atom stereocenters. The number of thiazole rings is 1. The van der Waals surface area contributed by atoms with Crippen molar-refractivity contribution >= 4 is 39.3 Å². The number of rotatable bonds is 2. The van der Waals surface area contributed by atoms with Gasteiger partial charge in [-0.25, -0.2) is 9.88 Å². The van der Waals surface area contributed by atoms with Gasteiger partial charge in [0.1, 0.15) is 5.25 Å². The molecular formula is C12H9N3OS2. The van der Waals surface area contributed by atoms with Crippen LogP contribution in [0.3, 0.4) is 0 Å². The Morgan fingerprint density at radius 2 is 2.06 bits per heavy atom. The number of thioether (sulfide) groups is 1. The summed E-state index contributed by atoms with van der Waals surface area (Å²) in [6.45, 7) is 0. The van der Waals surface area contributed by atoms with Crippen molar-refractivity contribution in [3.63, 3.8) is 0 Å². The van der Waals surface area contributed by atoms with E-state index in [1.165, 1.54) is 28.0 Å². The van der Waals surface area contributed by atoms with Gasteiger partial charge in [-0.3, -0.25) is 10.2 Å². The summed E-state index contributed by atoms with van der Waals surface area (Å²) < 4.78 is 0. The number of carbonyl (C=O) groups is 1. The second-order valence-electron chi connectivity index (χ2n) is 3.70. The molecule has 0 radical (unpaired) electrons. The van der Waals surface area contributed by atoms with Crippen molar-refractivity contribution in [3.05, 3.63) is 47.5 Å². The largest absolute Gasteiger partial charge is 0.278 e. The molecule has 1 aliphatic heterocycles. The predicted octanol–water partition coefficient (Wildman–Crippen LogP) is 2.90. The van der Waals surface area contributed by atoms with Gasteiger partial charge in [-0.15, -0.1) is 11.3 Å². The standard InChI is InChI=1S/C12H9N3OS2/c13-11-15(12-14-6-7-17-12)10(16)9(18-11)8-4-2-1-3-5-8/h1-7,9,13H/t9-/m0/s1. The summed E-state index contributed by atoms with van der Waals surface area (Å²) in [6.07, 6.45) is 1.64. The molecule has 1 aromatic heterocycles. The van der Waals surface area contributed by atoms with Crippen LogP contribution in [0.2, 0.25) is 0 Å². The van der Waals surface area contributed by atoms with E-state index in [9.17, 15) is 4.79 Å². The number of amides is 1. The molecule has 18 heavy (non-hydrogen) atoms. The van der Waals surface area contributed by atoms with Crippen LogP contribution in [0.4, 0.5) is 5.13 Å². The summed E-state index contributed by atoms with van der Waals surface area (Å²) in [7, 11) is 0. The third-order valence-electron chi connectivity index (χ3n) is 2.59. The molecule has 3 rings (SSSR count). The van der Waals surface area contributed by atoms with E-state index in [-0.39, 0.29) is 16.3 Å². The van der Waals surface area contributed by atoms with Gasteiger partial charge in [0.15, 0.2) is 10.3 Å². The van der Waals surface area contributed by atoms with Crippen LogP contribution in [0.15, 0.2) is 41.9 Å². The fourth-order valence-corrected chi connectivity index (χ4v) is 3.49. The van der Waals surface area contributed by atoms with Crippen molar-refractivity contribution < 1.29 is 4.79 Å². The number of benzene rings is 1. The minimum atomic E-state index is -0.331. The molecule has 1 fully saturated rings. The van der Waals surface area contributed by atoms with Crippen LogP contribution in [0, 0.1) is 5.41 Å². The van der Waals surface area contributed by atoms with Crippen LogP contribution in [0.25, 0.3) is 0 Å². The minimum Gasteiger partial charge on any atom is -0.278 e. The molecule has 1 aliphatic rings. The smallest absolute Gasteiger partial charge is 0.253 e. The number of carbonyl (C=O) groups excluding carboxylic acids is 1. The van der Waals surface area contributed by atoms with Gasteiger partial charge in [0.05, 0.1) is 0 Å². The topological polar surface area (TPSA) is 57.1 Å². The van der Waals surface area contributed by atoms with Crippen molar-refractivity contribution in [1.29, 1.82) is 5.41 Å². The Morgan fingerprint density at radius 3 is 2.72 bits per heavy atom. The molecule has 0 saturated carbocycles. The highest BCUT2D eigenvalue weighted by molar-refractivity contribution is 8.15. The first-order valence-corrected chi connectivity index (χ1v) is 7.07. The van der Waals surface area contributed by atoms with Crippen LogP contribution in [0.1, 0.15) is 10.8 Å². The zero-order valence-corrected chi connectivity index (χ0v) is 10.9. The van der Waals surface area contributed by atoms with E-state index in [0.717, 1.165) is 5.56 Å². The lowest BCUT2D eigenvalue weighted by atomic mass is 10.1. The maximum atomic E-state index is 12.3. The normalized spacial score (nSPS) is 19.6. The molecule has 1 amide bonds. The fourth-order valence-electron chi connectivity index (χ4n) is 1.78. The third-order valence-corrected chi connectivity index (χ3v) is 4.46. The van der Waals surface area contributed by atoms with E-state index in [1.807, 2.05) is 30.3 Å². The molecule has 0 aliphatic carbocycles. The average Bonchev–Trinajstić information content (AvgIpc) is 2.99. The number of hydrogen-bond donors (Lipinski definition) is 1. The van der Waals surface area contributed by atoms with Crippen molar-refractivity contribution in [2.75, 3.05) is 4.90 Å². The summed E-state index contributed by atoms with van der Waals surface area (Å²) in [6, 6.07) is 9.54. The van der Waals surface area contributed by atoms with Gasteiger partial charge >= 0.3 is 0 Å². The van der Waals surface area contributed by atoms with Crippen molar-refractivity contribution in [2.45, 2.75) is 5.25 Å². The van der Waals surface area contributed by atoms with Gasteiger partial charge in [0.25, 0.3) is 5.91 Å². The van der Waals surface area contributed by atoms with Crippen LogP contribution in [-0.4, -0.2) is 16.1 Å². The number of amidine groups is 1. The Labute approximate surface area is 112 Å². The van der Waals surface area contributed by atoms with E-state index in [0.29, 0.717) is 5.13 Å². The van der Waals surface area contributed by atoms with Gasteiger partial charge in [-0.1, -0.05) is 42.1 Å². The Morgan fingerprint density at radius 1 is 1.28 bits per heavy atom. The van der Waals surface area contributed by atoms with Gasteiger partial charge in [-0.2, -0.15) is 0 Å². The molecule has 0 spiro atoms. The molecule has 0 unspecified atom stereocenters. The lowest BCUT2D eigenvalue weighted by molar-refractivity contribution is -0.117. The first-order chi connectivity index (χ1) is 8.77. The van der Waals surface area contributed by atoms with Crippen LogP contribution in [0.5, 0.6) is 0 Å². The number of anilines is 1. The fraction of sp³-hybridized carbons (Fsp3) is 0.0833. The molecule has 0 bridgehead atoms. The van der Waals surface area contributed by atoms with Gasteiger partial charge < -0.3 is 0 Å².